The van der Waals surface area contributed by atoms with Crippen molar-refractivity contribution in [2.75, 3.05) is 11.1 Å². The van der Waals surface area contributed by atoms with Crippen molar-refractivity contribution >= 4 is 46.6 Å². The van der Waals surface area contributed by atoms with E-state index in [1.807, 2.05) is 54.2 Å². The normalized spacial score (nSPS) is 10.7. The van der Waals surface area contributed by atoms with Gasteiger partial charge in [0, 0.05) is 25.1 Å². The third-order valence-corrected chi connectivity index (χ3v) is 5.31. The van der Waals surface area contributed by atoms with Gasteiger partial charge in [-0.15, -0.1) is 0 Å². The topological polar surface area (TPSA) is 46.9 Å². The van der Waals surface area contributed by atoms with E-state index in [1.165, 1.54) is 11.8 Å². The molecule has 128 valence electrons. The van der Waals surface area contributed by atoms with Crippen molar-refractivity contribution in [3.8, 4) is 11.1 Å². The van der Waals surface area contributed by atoms with E-state index >= 15 is 0 Å². The van der Waals surface area contributed by atoms with Crippen molar-refractivity contribution in [1.29, 1.82) is 0 Å². The molecule has 0 aliphatic heterocycles. The molecule has 7 heteroatoms. The molecule has 2 aromatic carbocycles. The van der Waals surface area contributed by atoms with E-state index in [-0.39, 0.29) is 5.91 Å². The molecule has 1 N–H and O–H groups in total. The number of carbonyl (C=O) groups is 1. The standard InChI is InChI=1S/C18H15Cl2N3OS/c1-23-8-7-21-18(23)25-11-17(24)22-14-4-2-3-12(9-14)13-5-6-15(19)16(20)10-13/h2-10H,11H2,1H3,(H,22,24). The predicted octanol–water partition coefficient (Wildman–Crippen LogP) is 5.12. The summed E-state index contributed by atoms with van der Waals surface area (Å²) in [5, 5.41) is 4.72. The molecule has 0 aliphatic rings. The van der Waals surface area contributed by atoms with Crippen molar-refractivity contribution in [3.05, 3.63) is 64.9 Å². The molecule has 0 saturated heterocycles. The summed E-state index contributed by atoms with van der Waals surface area (Å²) in [4.78, 5) is 16.3. The number of imidazole rings is 1. The summed E-state index contributed by atoms with van der Waals surface area (Å²) in [5.41, 5.74) is 2.62. The summed E-state index contributed by atoms with van der Waals surface area (Å²) in [5.74, 6) is 0.210. The van der Waals surface area contributed by atoms with Crippen LogP contribution in [-0.4, -0.2) is 21.2 Å². The van der Waals surface area contributed by atoms with Crippen LogP contribution in [0.1, 0.15) is 0 Å². The number of anilines is 1. The summed E-state index contributed by atoms with van der Waals surface area (Å²) < 4.78 is 1.88. The van der Waals surface area contributed by atoms with Crippen LogP contribution >= 0.6 is 35.0 Å². The number of carbonyl (C=O) groups excluding carboxylic acids is 1. The van der Waals surface area contributed by atoms with Gasteiger partial charge in [-0.2, -0.15) is 0 Å². The number of hydrogen-bond acceptors (Lipinski definition) is 3. The molecule has 1 heterocycles. The zero-order chi connectivity index (χ0) is 17.8. The highest BCUT2D eigenvalue weighted by Gasteiger charge is 2.08. The first-order valence-electron chi connectivity index (χ1n) is 7.48. The Morgan fingerprint density at radius 1 is 1.16 bits per heavy atom. The van der Waals surface area contributed by atoms with Crippen LogP contribution in [0, 0.1) is 0 Å². The SMILES string of the molecule is Cn1ccnc1SCC(=O)Nc1cccc(-c2ccc(Cl)c(Cl)c2)c1. The maximum atomic E-state index is 12.2. The van der Waals surface area contributed by atoms with Gasteiger partial charge >= 0.3 is 0 Å². The maximum absolute atomic E-state index is 12.2. The second-order valence-corrected chi connectivity index (χ2v) is 7.12. The number of rotatable bonds is 5. The average molecular weight is 392 g/mol. The Kier molecular flexibility index (Phi) is 5.68. The molecular weight excluding hydrogens is 377 g/mol. The highest BCUT2D eigenvalue weighted by atomic mass is 35.5. The second-order valence-electron chi connectivity index (χ2n) is 5.37. The second kappa shape index (κ2) is 7.95. The summed E-state index contributed by atoms with van der Waals surface area (Å²) in [6, 6.07) is 13.1. The summed E-state index contributed by atoms with van der Waals surface area (Å²) >= 11 is 13.4. The number of aromatic nitrogens is 2. The molecule has 0 aliphatic carbocycles. The van der Waals surface area contributed by atoms with E-state index in [0.717, 1.165) is 22.0 Å². The Hall–Kier alpha value is -1.95. The lowest BCUT2D eigenvalue weighted by Crippen LogP contribution is -2.14. The highest BCUT2D eigenvalue weighted by Crippen LogP contribution is 2.29. The first-order valence-corrected chi connectivity index (χ1v) is 9.22. The Balaban J connectivity index is 1.68. The van der Waals surface area contributed by atoms with Crippen LogP contribution < -0.4 is 5.32 Å². The number of amides is 1. The number of nitrogens with one attached hydrogen (secondary N) is 1. The van der Waals surface area contributed by atoms with Crippen LogP contribution in [0.25, 0.3) is 11.1 Å². The van der Waals surface area contributed by atoms with E-state index in [0.29, 0.717) is 15.8 Å². The number of hydrogen-bond donors (Lipinski definition) is 1. The molecule has 0 radical (unpaired) electrons. The smallest absolute Gasteiger partial charge is 0.234 e. The van der Waals surface area contributed by atoms with E-state index in [1.54, 1.807) is 12.3 Å². The average Bonchev–Trinajstić information content (AvgIpc) is 3.01. The largest absolute Gasteiger partial charge is 0.329 e. The molecule has 0 unspecified atom stereocenters. The molecule has 0 atom stereocenters. The minimum Gasteiger partial charge on any atom is -0.329 e. The van der Waals surface area contributed by atoms with Crippen molar-refractivity contribution < 1.29 is 4.79 Å². The molecule has 4 nitrogen and oxygen atoms in total. The van der Waals surface area contributed by atoms with Crippen molar-refractivity contribution in [2.45, 2.75) is 5.16 Å². The maximum Gasteiger partial charge on any atom is 0.234 e. The van der Waals surface area contributed by atoms with E-state index < -0.39 is 0 Å². The number of aryl methyl sites for hydroxylation is 1. The molecule has 3 rings (SSSR count). The fraction of sp³-hybridized carbons (Fsp3) is 0.111. The predicted molar refractivity (Wildman–Crippen MR) is 104 cm³/mol. The molecule has 0 bridgehead atoms. The van der Waals surface area contributed by atoms with Crippen LogP contribution in [0.4, 0.5) is 5.69 Å². The fourth-order valence-electron chi connectivity index (χ4n) is 2.27. The van der Waals surface area contributed by atoms with Crippen molar-refractivity contribution in [2.24, 2.45) is 7.05 Å². The van der Waals surface area contributed by atoms with Gasteiger partial charge < -0.3 is 9.88 Å². The first kappa shape index (κ1) is 17.9. The zero-order valence-corrected chi connectivity index (χ0v) is 15.7. The van der Waals surface area contributed by atoms with Crippen LogP contribution in [0.15, 0.2) is 60.0 Å². The molecule has 25 heavy (non-hydrogen) atoms. The summed E-state index contributed by atoms with van der Waals surface area (Å²) in [7, 11) is 1.90. The van der Waals surface area contributed by atoms with E-state index in [2.05, 4.69) is 10.3 Å². The van der Waals surface area contributed by atoms with Gasteiger partial charge in [0.1, 0.15) is 0 Å². The molecular formula is C18H15Cl2N3OS. The Labute approximate surface area is 160 Å². The van der Waals surface area contributed by atoms with Crippen LogP contribution in [-0.2, 0) is 11.8 Å². The van der Waals surface area contributed by atoms with Gasteiger partial charge in [-0.05, 0) is 35.4 Å². The van der Waals surface area contributed by atoms with Gasteiger partial charge in [0.25, 0.3) is 0 Å². The van der Waals surface area contributed by atoms with Crippen LogP contribution in [0.5, 0.6) is 0 Å². The lowest BCUT2D eigenvalue weighted by molar-refractivity contribution is -0.113. The Morgan fingerprint density at radius 3 is 2.68 bits per heavy atom. The van der Waals surface area contributed by atoms with Crippen molar-refractivity contribution in [1.82, 2.24) is 9.55 Å². The summed E-state index contributed by atoms with van der Waals surface area (Å²) in [6.07, 6.45) is 3.56. The van der Waals surface area contributed by atoms with Crippen molar-refractivity contribution in [3.63, 3.8) is 0 Å². The monoisotopic (exact) mass is 391 g/mol. The van der Waals surface area contributed by atoms with Gasteiger partial charge in [-0.25, -0.2) is 4.98 Å². The third-order valence-electron chi connectivity index (χ3n) is 3.51. The zero-order valence-electron chi connectivity index (χ0n) is 13.4. The van der Waals surface area contributed by atoms with Gasteiger partial charge in [0.05, 0.1) is 15.8 Å². The lowest BCUT2D eigenvalue weighted by atomic mass is 10.1. The quantitative estimate of drug-likeness (QED) is 0.613. The molecule has 0 saturated carbocycles. The van der Waals surface area contributed by atoms with Gasteiger partial charge in [-0.1, -0.05) is 53.2 Å². The molecule has 0 fully saturated rings. The number of benzene rings is 2. The van der Waals surface area contributed by atoms with Gasteiger partial charge in [-0.3, -0.25) is 4.79 Å². The van der Waals surface area contributed by atoms with E-state index in [4.69, 9.17) is 23.2 Å². The molecule has 1 amide bonds. The van der Waals surface area contributed by atoms with E-state index in [9.17, 15) is 4.79 Å². The third kappa shape index (κ3) is 4.57. The number of nitrogens with zero attached hydrogens (tertiary/aromatic N) is 2. The molecule has 3 aromatic rings. The minimum absolute atomic E-state index is 0.0840. The Bertz CT molecular complexity index is 911. The number of halogens is 2. The highest BCUT2D eigenvalue weighted by molar-refractivity contribution is 7.99. The first-order chi connectivity index (χ1) is 12.0. The summed E-state index contributed by atoms with van der Waals surface area (Å²) in [6.45, 7) is 0. The fourth-order valence-corrected chi connectivity index (χ4v) is 3.30. The molecule has 1 aromatic heterocycles. The minimum atomic E-state index is -0.0840. The number of thioether (sulfide) groups is 1. The van der Waals surface area contributed by atoms with Gasteiger partial charge in [0.15, 0.2) is 5.16 Å². The van der Waals surface area contributed by atoms with Crippen LogP contribution in [0.3, 0.4) is 0 Å². The molecule has 0 spiro atoms. The lowest BCUT2D eigenvalue weighted by Gasteiger charge is -2.08. The van der Waals surface area contributed by atoms with Gasteiger partial charge in [0.2, 0.25) is 5.91 Å². The van der Waals surface area contributed by atoms with Crippen LogP contribution in [0.2, 0.25) is 10.0 Å². The Morgan fingerprint density at radius 2 is 1.96 bits per heavy atom.